The second-order valence-electron chi connectivity index (χ2n) is 5.09. The van der Waals surface area contributed by atoms with E-state index in [1.165, 1.54) is 6.33 Å². The highest BCUT2D eigenvalue weighted by Crippen LogP contribution is 2.23. The molecule has 0 unspecified atom stereocenters. The maximum Gasteiger partial charge on any atom is 0.213 e. The Morgan fingerprint density at radius 3 is 2.83 bits per heavy atom. The number of aromatic nitrogens is 3. The summed E-state index contributed by atoms with van der Waals surface area (Å²) < 4.78 is 5.48. The zero-order valence-corrected chi connectivity index (χ0v) is 13.5. The van der Waals surface area contributed by atoms with Gasteiger partial charge in [0.15, 0.2) is 0 Å². The molecule has 5 nitrogen and oxygen atoms in total. The van der Waals surface area contributed by atoms with Gasteiger partial charge in [-0.3, -0.25) is 0 Å². The number of nitrogens with one attached hydrogen (secondary N) is 1. The van der Waals surface area contributed by atoms with E-state index in [4.69, 9.17) is 16.3 Å². The highest BCUT2D eigenvalue weighted by molar-refractivity contribution is 6.31. The molecule has 0 aliphatic heterocycles. The van der Waals surface area contributed by atoms with Gasteiger partial charge >= 0.3 is 0 Å². The Morgan fingerprint density at radius 1 is 1.13 bits per heavy atom. The van der Waals surface area contributed by atoms with Gasteiger partial charge in [0.05, 0.1) is 12.1 Å². The molecule has 1 aromatic carbocycles. The lowest BCUT2D eigenvalue weighted by atomic mass is 10.2. The molecule has 6 heteroatoms. The summed E-state index contributed by atoms with van der Waals surface area (Å²) in [6.07, 6.45) is 4.30. The molecule has 1 N–H and O–H groups in total. The van der Waals surface area contributed by atoms with Crippen LogP contribution in [0.1, 0.15) is 18.9 Å². The second kappa shape index (κ2) is 7.24. The van der Waals surface area contributed by atoms with Gasteiger partial charge in [0.2, 0.25) is 5.88 Å². The molecule has 118 valence electrons. The van der Waals surface area contributed by atoms with Crippen molar-refractivity contribution in [2.45, 2.75) is 19.9 Å². The van der Waals surface area contributed by atoms with Crippen molar-refractivity contribution in [1.29, 1.82) is 0 Å². The lowest BCUT2D eigenvalue weighted by molar-refractivity contribution is 0.305. The Hall–Kier alpha value is -2.40. The third-order valence-corrected chi connectivity index (χ3v) is 3.55. The Kier molecular flexibility index (Phi) is 4.88. The lowest BCUT2D eigenvalue weighted by Crippen LogP contribution is -2.03. The summed E-state index contributed by atoms with van der Waals surface area (Å²) in [7, 11) is 0. The van der Waals surface area contributed by atoms with E-state index < -0.39 is 0 Å². The van der Waals surface area contributed by atoms with Crippen molar-refractivity contribution in [3.8, 4) is 5.88 Å². The summed E-state index contributed by atoms with van der Waals surface area (Å²) in [6, 6.07) is 9.45. The Balaban J connectivity index is 1.71. The summed E-state index contributed by atoms with van der Waals surface area (Å²) in [5.74, 6) is 1.43. The van der Waals surface area contributed by atoms with E-state index in [2.05, 4.69) is 27.2 Å². The van der Waals surface area contributed by atoms with Crippen LogP contribution in [0.3, 0.4) is 0 Å². The fourth-order valence-electron chi connectivity index (χ4n) is 2.16. The maximum atomic E-state index is 5.99. The molecule has 0 atom stereocenters. The van der Waals surface area contributed by atoms with Gasteiger partial charge in [-0.1, -0.05) is 24.6 Å². The summed E-state index contributed by atoms with van der Waals surface area (Å²) in [6.45, 7) is 3.37. The molecule has 0 amide bonds. The van der Waals surface area contributed by atoms with E-state index in [0.717, 1.165) is 28.7 Å². The number of nitrogens with zero attached hydrogens (tertiary/aromatic N) is 3. The first-order chi connectivity index (χ1) is 11.3. The van der Waals surface area contributed by atoms with Crippen molar-refractivity contribution in [2.24, 2.45) is 0 Å². The Bertz CT molecular complexity index is 792. The van der Waals surface area contributed by atoms with E-state index in [1.54, 1.807) is 6.20 Å². The number of benzene rings is 1. The van der Waals surface area contributed by atoms with Gasteiger partial charge in [-0.05, 0) is 30.2 Å². The number of halogens is 1. The molecule has 0 fully saturated rings. The molecular formula is C17H17ClN4O. The number of pyridine rings is 1. The van der Waals surface area contributed by atoms with Gasteiger partial charge in [0.25, 0.3) is 0 Å². The maximum absolute atomic E-state index is 5.99. The molecule has 0 bridgehead atoms. The van der Waals surface area contributed by atoms with Gasteiger partial charge < -0.3 is 10.1 Å². The molecule has 3 rings (SSSR count). The third kappa shape index (κ3) is 3.87. The van der Waals surface area contributed by atoms with Crippen LogP contribution in [0.15, 0.2) is 42.9 Å². The van der Waals surface area contributed by atoms with Gasteiger partial charge in [-0.25, -0.2) is 15.0 Å². The average Bonchev–Trinajstić information content (AvgIpc) is 2.58. The van der Waals surface area contributed by atoms with Crippen molar-refractivity contribution < 1.29 is 4.74 Å². The fraction of sp³-hybridized carbons (Fsp3) is 0.235. The van der Waals surface area contributed by atoms with E-state index in [9.17, 15) is 0 Å². The number of fused-ring (bicyclic) bond motifs is 1. The van der Waals surface area contributed by atoms with E-state index in [1.807, 2.05) is 30.3 Å². The Labute approximate surface area is 139 Å². The Morgan fingerprint density at radius 2 is 2.04 bits per heavy atom. The molecule has 2 aromatic heterocycles. The molecule has 0 saturated carbocycles. The predicted molar refractivity (Wildman–Crippen MR) is 91.9 cm³/mol. The van der Waals surface area contributed by atoms with Gasteiger partial charge in [0.1, 0.15) is 12.1 Å². The molecule has 0 radical (unpaired) electrons. The van der Waals surface area contributed by atoms with Gasteiger partial charge in [-0.15, -0.1) is 0 Å². The minimum atomic E-state index is 0.621. The zero-order valence-electron chi connectivity index (χ0n) is 12.8. The minimum Gasteiger partial charge on any atom is -0.478 e. The summed E-state index contributed by atoms with van der Waals surface area (Å²) in [4.78, 5) is 12.8. The summed E-state index contributed by atoms with van der Waals surface area (Å²) in [5.41, 5.74) is 1.87. The van der Waals surface area contributed by atoms with Crippen LogP contribution in [0, 0.1) is 0 Å². The first-order valence-electron chi connectivity index (χ1n) is 7.48. The van der Waals surface area contributed by atoms with Crippen LogP contribution in [0.4, 0.5) is 5.82 Å². The smallest absolute Gasteiger partial charge is 0.213 e. The highest BCUT2D eigenvalue weighted by Gasteiger charge is 2.04. The van der Waals surface area contributed by atoms with Gasteiger partial charge in [-0.2, -0.15) is 0 Å². The first-order valence-corrected chi connectivity index (χ1v) is 7.86. The molecule has 23 heavy (non-hydrogen) atoms. The van der Waals surface area contributed by atoms with Crippen LogP contribution >= 0.6 is 11.6 Å². The standard InChI is InChI=1S/C17H17ClN4O/c1-2-7-23-16-6-3-12(9-19-16)10-20-17-14-5-4-13(18)8-15(14)21-11-22-17/h3-6,8-9,11H,2,7,10H2,1H3,(H,20,21,22). The minimum absolute atomic E-state index is 0.621. The van der Waals surface area contributed by atoms with Crippen LogP contribution in [0.5, 0.6) is 5.88 Å². The topological polar surface area (TPSA) is 59.9 Å². The molecule has 0 aliphatic carbocycles. The second-order valence-corrected chi connectivity index (χ2v) is 5.53. The summed E-state index contributed by atoms with van der Waals surface area (Å²) >= 11 is 5.99. The molecular weight excluding hydrogens is 312 g/mol. The number of anilines is 1. The van der Waals surface area contributed by atoms with Crippen LogP contribution in [-0.2, 0) is 6.54 Å². The number of rotatable bonds is 6. The van der Waals surface area contributed by atoms with Crippen molar-refractivity contribution in [2.75, 3.05) is 11.9 Å². The van der Waals surface area contributed by atoms with E-state index in [-0.39, 0.29) is 0 Å². The highest BCUT2D eigenvalue weighted by atomic mass is 35.5. The van der Waals surface area contributed by atoms with Crippen molar-refractivity contribution >= 4 is 28.3 Å². The molecule has 0 spiro atoms. The zero-order chi connectivity index (χ0) is 16.1. The largest absolute Gasteiger partial charge is 0.478 e. The molecule has 0 aliphatic rings. The lowest BCUT2D eigenvalue weighted by Gasteiger charge is -2.09. The van der Waals surface area contributed by atoms with Crippen LogP contribution in [0.25, 0.3) is 10.9 Å². The van der Waals surface area contributed by atoms with Crippen molar-refractivity contribution in [1.82, 2.24) is 15.0 Å². The van der Waals surface area contributed by atoms with Crippen LogP contribution in [0.2, 0.25) is 5.02 Å². The SMILES string of the molecule is CCCOc1ccc(CNc2ncnc3cc(Cl)ccc23)cn1. The van der Waals surface area contributed by atoms with Crippen molar-refractivity contribution in [3.63, 3.8) is 0 Å². The molecule has 3 aromatic rings. The quantitative estimate of drug-likeness (QED) is 0.738. The summed E-state index contributed by atoms with van der Waals surface area (Å²) in [5, 5.41) is 4.91. The van der Waals surface area contributed by atoms with E-state index in [0.29, 0.717) is 24.1 Å². The predicted octanol–water partition coefficient (Wildman–Crippen LogP) is 4.08. The molecule has 2 heterocycles. The average molecular weight is 329 g/mol. The third-order valence-electron chi connectivity index (χ3n) is 3.31. The normalized spacial score (nSPS) is 10.7. The first kappa shape index (κ1) is 15.5. The monoisotopic (exact) mass is 328 g/mol. The molecule has 0 saturated heterocycles. The number of hydrogen-bond donors (Lipinski definition) is 1. The number of hydrogen-bond acceptors (Lipinski definition) is 5. The fourth-order valence-corrected chi connectivity index (χ4v) is 2.33. The van der Waals surface area contributed by atoms with Crippen molar-refractivity contribution in [3.05, 3.63) is 53.4 Å². The number of ether oxygens (including phenoxy) is 1. The van der Waals surface area contributed by atoms with Gasteiger partial charge in [0, 0.05) is 29.2 Å². The van der Waals surface area contributed by atoms with Crippen LogP contribution in [-0.4, -0.2) is 21.6 Å². The van der Waals surface area contributed by atoms with E-state index >= 15 is 0 Å². The van der Waals surface area contributed by atoms with Crippen LogP contribution < -0.4 is 10.1 Å².